The summed E-state index contributed by atoms with van der Waals surface area (Å²) in [5, 5.41) is 3.53. The first-order valence-corrected chi connectivity index (χ1v) is 5.74. The summed E-state index contributed by atoms with van der Waals surface area (Å²) in [5.41, 5.74) is 0. The summed E-state index contributed by atoms with van der Waals surface area (Å²) in [4.78, 5) is 10.8. The van der Waals surface area contributed by atoms with Gasteiger partial charge in [-0.1, -0.05) is 13.8 Å². The highest BCUT2D eigenvalue weighted by Crippen LogP contribution is 2.16. The van der Waals surface area contributed by atoms with Gasteiger partial charge in [0.15, 0.2) is 0 Å². The van der Waals surface area contributed by atoms with Crippen LogP contribution >= 0.6 is 11.8 Å². The van der Waals surface area contributed by atoms with Crippen LogP contribution in [0.1, 0.15) is 33.6 Å². The van der Waals surface area contributed by atoms with Crippen LogP contribution in [0.4, 0.5) is 0 Å². The summed E-state index contributed by atoms with van der Waals surface area (Å²) in [5.74, 6) is 0.0781. The number of hydrogen-bond donors (Lipinski definition) is 1. The van der Waals surface area contributed by atoms with Crippen molar-refractivity contribution in [1.29, 1.82) is 0 Å². The summed E-state index contributed by atoms with van der Waals surface area (Å²) >= 11 is 1.83. The number of hydrogen-bond acceptors (Lipinski definition) is 2. The zero-order chi connectivity index (χ0) is 9.56. The summed E-state index contributed by atoms with van der Waals surface area (Å²) in [6.45, 7) is 5.85. The van der Waals surface area contributed by atoms with Gasteiger partial charge in [-0.3, -0.25) is 4.79 Å². The van der Waals surface area contributed by atoms with Gasteiger partial charge in [-0.05, 0) is 19.1 Å². The minimum atomic E-state index is 0.0781. The van der Waals surface area contributed by atoms with Crippen LogP contribution in [-0.4, -0.2) is 23.5 Å². The SMILES string of the molecule is CC[C@H](NC(C)=O)[C@@H](CC)SC. The van der Waals surface area contributed by atoms with Gasteiger partial charge in [-0.2, -0.15) is 11.8 Å². The van der Waals surface area contributed by atoms with Gasteiger partial charge in [0, 0.05) is 18.2 Å². The van der Waals surface area contributed by atoms with Gasteiger partial charge in [-0.15, -0.1) is 0 Å². The van der Waals surface area contributed by atoms with Gasteiger partial charge in [0.2, 0.25) is 5.91 Å². The van der Waals surface area contributed by atoms with E-state index in [9.17, 15) is 4.79 Å². The van der Waals surface area contributed by atoms with Crippen molar-refractivity contribution in [2.24, 2.45) is 0 Å². The first kappa shape index (κ1) is 11.8. The van der Waals surface area contributed by atoms with E-state index in [1.165, 1.54) is 0 Å². The van der Waals surface area contributed by atoms with Gasteiger partial charge >= 0.3 is 0 Å². The van der Waals surface area contributed by atoms with E-state index < -0.39 is 0 Å². The molecule has 0 bridgehead atoms. The highest BCUT2D eigenvalue weighted by atomic mass is 32.2. The molecule has 0 aliphatic carbocycles. The van der Waals surface area contributed by atoms with E-state index in [1.807, 2.05) is 11.8 Å². The summed E-state index contributed by atoms with van der Waals surface area (Å²) in [6, 6.07) is 0.336. The van der Waals surface area contributed by atoms with Gasteiger partial charge in [-0.25, -0.2) is 0 Å². The lowest BCUT2D eigenvalue weighted by Gasteiger charge is -2.23. The zero-order valence-electron chi connectivity index (χ0n) is 8.39. The lowest BCUT2D eigenvalue weighted by Crippen LogP contribution is -2.40. The van der Waals surface area contributed by atoms with Gasteiger partial charge in [0.1, 0.15) is 0 Å². The van der Waals surface area contributed by atoms with Gasteiger partial charge < -0.3 is 5.32 Å². The fourth-order valence-corrected chi connectivity index (χ4v) is 2.26. The first-order chi connectivity index (χ1) is 5.65. The second kappa shape index (κ2) is 6.35. The molecular formula is C9H19NOS. The van der Waals surface area contributed by atoms with Crippen molar-refractivity contribution in [1.82, 2.24) is 5.32 Å². The van der Waals surface area contributed by atoms with Crippen molar-refractivity contribution in [3.05, 3.63) is 0 Å². The summed E-state index contributed by atoms with van der Waals surface area (Å²) in [7, 11) is 0. The molecular weight excluding hydrogens is 170 g/mol. The lowest BCUT2D eigenvalue weighted by molar-refractivity contribution is -0.119. The van der Waals surface area contributed by atoms with Gasteiger partial charge in [0.25, 0.3) is 0 Å². The fraction of sp³-hybridized carbons (Fsp3) is 0.889. The molecule has 0 aliphatic rings. The number of nitrogens with one attached hydrogen (secondary N) is 1. The van der Waals surface area contributed by atoms with E-state index >= 15 is 0 Å². The fourth-order valence-electron chi connectivity index (χ4n) is 1.33. The Morgan fingerprint density at radius 3 is 2.25 bits per heavy atom. The molecule has 0 saturated carbocycles. The minimum Gasteiger partial charge on any atom is -0.353 e. The molecule has 72 valence electrons. The zero-order valence-corrected chi connectivity index (χ0v) is 9.20. The van der Waals surface area contributed by atoms with Crippen molar-refractivity contribution in [2.45, 2.75) is 44.9 Å². The molecule has 0 heterocycles. The standard InChI is InChI=1S/C9H19NOS/c1-5-8(10-7(3)11)9(6-2)12-4/h8-9H,5-6H2,1-4H3,(H,10,11)/t8-,9+/m0/s1. The van der Waals surface area contributed by atoms with Crippen LogP contribution in [0.25, 0.3) is 0 Å². The number of carbonyl (C=O) groups is 1. The van der Waals surface area contributed by atoms with Crippen molar-refractivity contribution < 1.29 is 4.79 Å². The maximum Gasteiger partial charge on any atom is 0.217 e. The van der Waals surface area contributed by atoms with E-state index in [0.717, 1.165) is 12.8 Å². The molecule has 0 rings (SSSR count). The molecule has 2 atom stereocenters. The smallest absolute Gasteiger partial charge is 0.217 e. The third-order valence-electron chi connectivity index (χ3n) is 1.98. The molecule has 0 aromatic rings. The van der Waals surface area contributed by atoms with E-state index in [2.05, 4.69) is 25.4 Å². The van der Waals surface area contributed by atoms with Crippen molar-refractivity contribution in [3.8, 4) is 0 Å². The Morgan fingerprint density at radius 1 is 1.42 bits per heavy atom. The van der Waals surface area contributed by atoms with Gasteiger partial charge in [0.05, 0.1) is 0 Å². The predicted molar refractivity (Wildman–Crippen MR) is 55.5 cm³/mol. The summed E-state index contributed by atoms with van der Waals surface area (Å²) < 4.78 is 0. The van der Waals surface area contributed by atoms with Crippen LogP contribution in [-0.2, 0) is 4.79 Å². The topological polar surface area (TPSA) is 29.1 Å². The largest absolute Gasteiger partial charge is 0.353 e. The van der Waals surface area contributed by atoms with Crippen molar-refractivity contribution in [2.75, 3.05) is 6.26 Å². The van der Waals surface area contributed by atoms with E-state index in [0.29, 0.717) is 11.3 Å². The maximum atomic E-state index is 10.8. The first-order valence-electron chi connectivity index (χ1n) is 4.45. The molecule has 12 heavy (non-hydrogen) atoms. The Morgan fingerprint density at radius 2 is 2.00 bits per heavy atom. The molecule has 0 aromatic carbocycles. The molecule has 0 aliphatic heterocycles. The van der Waals surface area contributed by atoms with Crippen molar-refractivity contribution in [3.63, 3.8) is 0 Å². The van der Waals surface area contributed by atoms with Crippen LogP contribution in [0, 0.1) is 0 Å². The highest BCUT2D eigenvalue weighted by Gasteiger charge is 2.17. The summed E-state index contributed by atoms with van der Waals surface area (Å²) in [6.07, 6.45) is 4.22. The highest BCUT2D eigenvalue weighted by molar-refractivity contribution is 7.99. The van der Waals surface area contributed by atoms with Crippen LogP contribution in [0.2, 0.25) is 0 Å². The Balaban J connectivity index is 4.01. The molecule has 1 N–H and O–H groups in total. The average molecular weight is 189 g/mol. The van der Waals surface area contributed by atoms with E-state index in [-0.39, 0.29) is 5.91 Å². The molecule has 0 unspecified atom stereocenters. The van der Waals surface area contributed by atoms with Crippen molar-refractivity contribution >= 4 is 17.7 Å². The number of thioether (sulfide) groups is 1. The number of amides is 1. The Hall–Kier alpha value is -0.180. The van der Waals surface area contributed by atoms with Crippen LogP contribution in [0.5, 0.6) is 0 Å². The third kappa shape index (κ3) is 4.00. The third-order valence-corrected chi connectivity index (χ3v) is 3.25. The van der Waals surface area contributed by atoms with E-state index in [1.54, 1.807) is 6.92 Å². The molecule has 0 saturated heterocycles. The molecule has 3 heteroatoms. The van der Waals surface area contributed by atoms with Crippen LogP contribution in [0.3, 0.4) is 0 Å². The van der Waals surface area contributed by atoms with E-state index in [4.69, 9.17) is 0 Å². The van der Waals surface area contributed by atoms with Crippen LogP contribution in [0.15, 0.2) is 0 Å². The molecule has 0 spiro atoms. The quantitative estimate of drug-likeness (QED) is 0.717. The molecule has 0 radical (unpaired) electrons. The number of rotatable bonds is 5. The minimum absolute atomic E-state index is 0.0781. The Labute approximate surface area is 79.5 Å². The molecule has 2 nitrogen and oxygen atoms in total. The second-order valence-corrected chi connectivity index (χ2v) is 3.97. The Bertz CT molecular complexity index is 134. The molecule has 0 aromatic heterocycles. The maximum absolute atomic E-state index is 10.8. The molecule has 0 fully saturated rings. The monoisotopic (exact) mass is 189 g/mol. The predicted octanol–water partition coefficient (Wildman–Crippen LogP) is 2.04. The Kier molecular flexibility index (Phi) is 6.25. The average Bonchev–Trinajstić information content (AvgIpc) is 2.04. The lowest BCUT2D eigenvalue weighted by atomic mass is 10.1. The molecule has 1 amide bonds. The number of carbonyl (C=O) groups excluding carboxylic acids is 1. The normalized spacial score (nSPS) is 15.3. The van der Waals surface area contributed by atoms with Crippen LogP contribution < -0.4 is 5.32 Å². The second-order valence-electron chi connectivity index (χ2n) is 2.90.